The second-order valence-corrected chi connectivity index (χ2v) is 8.97. The fourth-order valence-corrected chi connectivity index (χ4v) is 5.39. The van der Waals surface area contributed by atoms with Crippen LogP contribution in [0.3, 0.4) is 0 Å². The van der Waals surface area contributed by atoms with Crippen LogP contribution in [0, 0.1) is 24.5 Å². The average Bonchev–Trinajstić information content (AvgIpc) is 2.99. The average molecular weight is 406 g/mol. The van der Waals surface area contributed by atoms with Crippen molar-refractivity contribution in [2.45, 2.75) is 31.2 Å². The molecule has 0 spiro atoms. The maximum Gasteiger partial charge on any atom is 0.246 e. The van der Waals surface area contributed by atoms with E-state index < -0.39 is 26.6 Å². The summed E-state index contributed by atoms with van der Waals surface area (Å²) in [5, 5.41) is 0. The van der Waals surface area contributed by atoms with Crippen molar-refractivity contribution in [3.05, 3.63) is 54.0 Å². The maximum absolute atomic E-state index is 14.1. The fraction of sp³-hybridized carbons (Fsp3) is 0.368. The molecule has 1 atom stereocenters. The first-order valence-corrected chi connectivity index (χ1v) is 10.5. The lowest BCUT2D eigenvalue weighted by Gasteiger charge is -2.32. The van der Waals surface area contributed by atoms with E-state index in [4.69, 9.17) is 0 Å². The van der Waals surface area contributed by atoms with Gasteiger partial charge in [0.1, 0.15) is 27.9 Å². The molecule has 1 aromatic carbocycles. The first kappa shape index (κ1) is 18.9. The molecule has 3 aromatic rings. The van der Waals surface area contributed by atoms with Crippen molar-refractivity contribution in [2.75, 3.05) is 13.1 Å². The molecule has 3 heterocycles. The van der Waals surface area contributed by atoms with E-state index in [2.05, 4.69) is 9.97 Å². The van der Waals surface area contributed by atoms with Gasteiger partial charge in [0.05, 0.1) is 0 Å². The van der Waals surface area contributed by atoms with E-state index in [1.807, 2.05) is 23.6 Å². The Morgan fingerprint density at radius 1 is 1.25 bits per heavy atom. The number of benzene rings is 1. The summed E-state index contributed by atoms with van der Waals surface area (Å²) in [5.41, 5.74) is 1.55. The third kappa shape index (κ3) is 3.40. The first-order chi connectivity index (χ1) is 13.4. The van der Waals surface area contributed by atoms with E-state index in [1.54, 1.807) is 6.20 Å². The number of piperidine rings is 1. The summed E-state index contributed by atoms with van der Waals surface area (Å²) in [6.45, 7) is 2.99. The molecular formula is C19H20F2N4O2S. The van der Waals surface area contributed by atoms with Gasteiger partial charge in [0.15, 0.2) is 5.65 Å². The molecule has 0 aliphatic carbocycles. The van der Waals surface area contributed by atoms with E-state index in [0.29, 0.717) is 13.0 Å². The van der Waals surface area contributed by atoms with Gasteiger partial charge < -0.3 is 4.57 Å². The van der Waals surface area contributed by atoms with E-state index in [-0.39, 0.29) is 19.0 Å². The van der Waals surface area contributed by atoms with Crippen molar-refractivity contribution in [1.82, 2.24) is 18.8 Å². The lowest BCUT2D eigenvalue weighted by Crippen LogP contribution is -2.41. The van der Waals surface area contributed by atoms with Crippen molar-refractivity contribution in [2.24, 2.45) is 5.92 Å². The highest BCUT2D eigenvalue weighted by Gasteiger charge is 2.33. The molecule has 1 saturated heterocycles. The van der Waals surface area contributed by atoms with Crippen molar-refractivity contribution >= 4 is 21.2 Å². The van der Waals surface area contributed by atoms with Crippen LogP contribution in [-0.4, -0.2) is 40.3 Å². The van der Waals surface area contributed by atoms with Gasteiger partial charge in [0, 0.05) is 25.8 Å². The van der Waals surface area contributed by atoms with Crippen LogP contribution in [0.1, 0.15) is 18.7 Å². The molecule has 148 valence electrons. The quantitative estimate of drug-likeness (QED) is 0.668. The summed E-state index contributed by atoms with van der Waals surface area (Å²) in [6, 6.07) is 6.20. The SMILES string of the molecule is Cc1nc2cccnc2n1CC1CCCN(S(=O)(=O)c2cc(F)ccc2F)C1. The second kappa shape index (κ2) is 7.21. The predicted molar refractivity (Wildman–Crippen MR) is 100 cm³/mol. The van der Waals surface area contributed by atoms with Crippen LogP contribution in [0.4, 0.5) is 8.78 Å². The first-order valence-electron chi connectivity index (χ1n) is 9.09. The highest BCUT2D eigenvalue weighted by Crippen LogP contribution is 2.27. The molecule has 0 bridgehead atoms. The number of fused-ring (bicyclic) bond motifs is 1. The van der Waals surface area contributed by atoms with Crippen LogP contribution < -0.4 is 0 Å². The van der Waals surface area contributed by atoms with Crippen LogP contribution in [0.15, 0.2) is 41.4 Å². The van der Waals surface area contributed by atoms with Crippen LogP contribution in [0.2, 0.25) is 0 Å². The summed E-state index contributed by atoms with van der Waals surface area (Å²) in [6.07, 6.45) is 3.19. The van der Waals surface area contributed by atoms with E-state index >= 15 is 0 Å². The Balaban J connectivity index is 1.59. The Kier molecular flexibility index (Phi) is 4.88. The minimum atomic E-state index is -4.10. The number of rotatable bonds is 4. The van der Waals surface area contributed by atoms with Crippen molar-refractivity contribution in [3.8, 4) is 0 Å². The van der Waals surface area contributed by atoms with E-state index in [9.17, 15) is 17.2 Å². The second-order valence-electron chi connectivity index (χ2n) is 7.06. The van der Waals surface area contributed by atoms with Gasteiger partial charge >= 0.3 is 0 Å². The summed E-state index contributed by atoms with van der Waals surface area (Å²) in [4.78, 5) is 8.26. The number of hydrogen-bond acceptors (Lipinski definition) is 4. The minimum absolute atomic E-state index is 0.0262. The minimum Gasteiger partial charge on any atom is -0.313 e. The van der Waals surface area contributed by atoms with Gasteiger partial charge in [-0.1, -0.05) is 0 Å². The van der Waals surface area contributed by atoms with Crippen LogP contribution in [0.25, 0.3) is 11.2 Å². The Morgan fingerprint density at radius 3 is 2.89 bits per heavy atom. The topological polar surface area (TPSA) is 68.1 Å². The number of pyridine rings is 1. The molecule has 1 aliphatic rings. The Hall–Kier alpha value is -2.39. The van der Waals surface area contributed by atoms with E-state index in [0.717, 1.165) is 41.6 Å². The van der Waals surface area contributed by atoms with Crippen molar-refractivity contribution < 1.29 is 17.2 Å². The van der Waals surface area contributed by atoms with Gasteiger partial charge in [-0.25, -0.2) is 27.2 Å². The Morgan fingerprint density at radius 2 is 2.07 bits per heavy atom. The zero-order valence-electron chi connectivity index (χ0n) is 15.3. The Labute approximate surface area is 161 Å². The summed E-state index contributed by atoms with van der Waals surface area (Å²) < 4.78 is 56.5. The van der Waals surface area contributed by atoms with Gasteiger partial charge in [0.25, 0.3) is 0 Å². The van der Waals surface area contributed by atoms with Gasteiger partial charge in [-0.3, -0.25) is 0 Å². The fourth-order valence-electron chi connectivity index (χ4n) is 3.76. The molecule has 0 N–H and O–H groups in total. The molecule has 9 heteroatoms. The highest BCUT2D eigenvalue weighted by molar-refractivity contribution is 7.89. The number of nitrogens with zero attached hydrogens (tertiary/aromatic N) is 4. The molecule has 0 radical (unpaired) electrons. The zero-order chi connectivity index (χ0) is 19.9. The van der Waals surface area contributed by atoms with Gasteiger partial charge in [0.2, 0.25) is 10.0 Å². The predicted octanol–water partition coefficient (Wildman–Crippen LogP) is 3.12. The number of halogens is 2. The number of aromatic nitrogens is 3. The third-order valence-corrected chi connectivity index (χ3v) is 7.01. The monoisotopic (exact) mass is 406 g/mol. The van der Waals surface area contributed by atoms with Crippen LogP contribution in [-0.2, 0) is 16.6 Å². The zero-order valence-corrected chi connectivity index (χ0v) is 16.2. The molecule has 1 fully saturated rings. The number of hydrogen-bond donors (Lipinski definition) is 0. The number of aryl methyl sites for hydroxylation is 1. The molecule has 0 amide bonds. The molecule has 1 aliphatic heterocycles. The van der Waals surface area contributed by atoms with Crippen LogP contribution >= 0.6 is 0 Å². The van der Waals surface area contributed by atoms with Gasteiger partial charge in [-0.05, 0) is 56.0 Å². The lowest BCUT2D eigenvalue weighted by atomic mass is 9.99. The maximum atomic E-state index is 14.1. The molecule has 0 saturated carbocycles. The third-order valence-electron chi connectivity index (χ3n) is 5.13. The molecular weight excluding hydrogens is 386 g/mol. The molecule has 28 heavy (non-hydrogen) atoms. The molecule has 2 aromatic heterocycles. The normalized spacial score (nSPS) is 18.6. The largest absolute Gasteiger partial charge is 0.313 e. The van der Waals surface area contributed by atoms with Crippen molar-refractivity contribution in [1.29, 1.82) is 0 Å². The molecule has 6 nitrogen and oxygen atoms in total. The van der Waals surface area contributed by atoms with Crippen LogP contribution in [0.5, 0.6) is 0 Å². The highest BCUT2D eigenvalue weighted by atomic mass is 32.2. The standard InChI is InChI=1S/C19H20F2N4O2S/c1-13-23-17-5-2-8-22-19(17)25(13)12-14-4-3-9-24(11-14)28(26,27)18-10-15(20)6-7-16(18)21/h2,5-8,10,14H,3-4,9,11-12H2,1H3. The van der Waals surface area contributed by atoms with Gasteiger partial charge in [-0.2, -0.15) is 4.31 Å². The lowest BCUT2D eigenvalue weighted by molar-refractivity contribution is 0.245. The smallest absolute Gasteiger partial charge is 0.246 e. The summed E-state index contributed by atoms with van der Waals surface area (Å²) >= 11 is 0. The molecule has 4 rings (SSSR count). The van der Waals surface area contributed by atoms with Crippen molar-refractivity contribution in [3.63, 3.8) is 0 Å². The summed E-state index contributed by atoms with van der Waals surface area (Å²) in [5.74, 6) is -0.882. The Bertz CT molecular complexity index is 1130. The number of imidazole rings is 1. The molecule has 1 unspecified atom stereocenters. The van der Waals surface area contributed by atoms with Gasteiger partial charge in [-0.15, -0.1) is 0 Å². The number of sulfonamides is 1. The van der Waals surface area contributed by atoms with E-state index in [1.165, 1.54) is 4.31 Å². The summed E-state index contributed by atoms with van der Waals surface area (Å²) in [7, 11) is -4.10.